The predicted octanol–water partition coefficient (Wildman–Crippen LogP) is 1.29. The molecule has 2 amide bonds. The van der Waals surface area contributed by atoms with Crippen molar-refractivity contribution in [1.82, 2.24) is 30.0 Å². The largest absolute Gasteiger partial charge is 0.472 e. The third-order valence-electron chi connectivity index (χ3n) is 3.82. The zero-order valence-corrected chi connectivity index (χ0v) is 15.2. The quantitative estimate of drug-likeness (QED) is 0.668. The fraction of sp³-hybridized carbons (Fsp3) is 0.312. The van der Waals surface area contributed by atoms with Crippen LogP contribution in [0.2, 0.25) is 0 Å². The van der Waals surface area contributed by atoms with Gasteiger partial charge in [0.25, 0.3) is 5.91 Å². The minimum absolute atomic E-state index is 0.0986. The van der Waals surface area contributed by atoms with E-state index in [0.29, 0.717) is 24.6 Å². The average molecular weight is 374 g/mol. The molecule has 0 bridgehead atoms. The summed E-state index contributed by atoms with van der Waals surface area (Å²) < 4.78 is 5.03. The smallest absolute Gasteiger partial charge is 0.273 e. The Bertz CT molecular complexity index is 859. The van der Waals surface area contributed by atoms with Gasteiger partial charge in [-0.2, -0.15) is 5.10 Å². The number of nitrogens with one attached hydrogen (secondary N) is 1. The molecule has 0 saturated heterocycles. The molecule has 1 N–H and O–H groups in total. The molecular formula is C16H18N6O3S. The van der Waals surface area contributed by atoms with Crippen LogP contribution in [0.4, 0.5) is 0 Å². The highest BCUT2D eigenvalue weighted by atomic mass is 32.1. The van der Waals surface area contributed by atoms with Crippen LogP contribution in [0.5, 0.6) is 0 Å². The highest BCUT2D eigenvalue weighted by Crippen LogP contribution is 2.24. The number of hydrogen-bond donors (Lipinski definition) is 1. The van der Waals surface area contributed by atoms with Gasteiger partial charge in [-0.05, 0) is 6.07 Å². The van der Waals surface area contributed by atoms with Crippen molar-refractivity contribution in [2.45, 2.75) is 6.42 Å². The molecule has 136 valence electrons. The van der Waals surface area contributed by atoms with Crippen LogP contribution in [0.1, 0.15) is 16.3 Å². The summed E-state index contributed by atoms with van der Waals surface area (Å²) in [7, 11) is 3.38. The maximum Gasteiger partial charge on any atom is 0.273 e. The van der Waals surface area contributed by atoms with Gasteiger partial charge in [0.1, 0.15) is 29.1 Å². The number of hydrogen-bond acceptors (Lipinski definition) is 7. The van der Waals surface area contributed by atoms with Crippen molar-refractivity contribution in [2.24, 2.45) is 0 Å². The normalized spacial score (nSPS) is 10.7. The predicted molar refractivity (Wildman–Crippen MR) is 94.5 cm³/mol. The number of amides is 2. The number of carbonyl (C=O) groups is 2. The molecule has 0 fully saturated rings. The van der Waals surface area contributed by atoms with E-state index in [1.54, 1.807) is 47.9 Å². The van der Waals surface area contributed by atoms with Crippen molar-refractivity contribution in [2.75, 3.05) is 27.2 Å². The van der Waals surface area contributed by atoms with E-state index in [1.807, 2.05) is 0 Å². The van der Waals surface area contributed by atoms with E-state index in [9.17, 15) is 9.59 Å². The number of nitrogens with zero attached hydrogens (tertiary/aromatic N) is 5. The van der Waals surface area contributed by atoms with Crippen molar-refractivity contribution < 1.29 is 14.0 Å². The van der Waals surface area contributed by atoms with Gasteiger partial charge in [0.05, 0.1) is 12.7 Å². The molecule has 0 spiro atoms. The van der Waals surface area contributed by atoms with Gasteiger partial charge in [0, 0.05) is 38.1 Å². The topological polar surface area (TPSA) is 108 Å². The summed E-state index contributed by atoms with van der Waals surface area (Å²) in [4.78, 5) is 36.0. The Morgan fingerprint density at radius 3 is 2.77 bits per heavy atom. The van der Waals surface area contributed by atoms with E-state index in [0.717, 1.165) is 10.6 Å². The zero-order valence-electron chi connectivity index (χ0n) is 14.4. The molecule has 0 saturated carbocycles. The number of rotatable bonds is 7. The summed E-state index contributed by atoms with van der Waals surface area (Å²) >= 11 is 1.38. The lowest BCUT2D eigenvalue weighted by Crippen LogP contribution is -2.38. The molecule has 0 atom stereocenters. The monoisotopic (exact) mass is 374 g/mol. The second kappa shape index (κ2) is 7.91. The lowest BCUT2D eigenvalue weighted by atomic mass is 10.3. The van der Waals surface area contributed by atoms with Gasteiger partial charge < -0.3 is 14.2 Å². The zero-order chi connectivity index (χ0) is 18.5. The number of aromatic amines is 1. The van der Waals surface area contributed by atoms with Crippen LogP contribution in [-0.2, 0) is 11.2 Å². The number of furan rings is 1. The Morgan fingerprint density at radius 2 is 2.08 bits per heavy atom. The molecule has 3 rings (SSSR count). The first-order valence-electron chi connectivity index (χ1n) is 7.86. The van der Waals surface area contributed by atoms with Crippen LogP contribution in [0.15, 0.2) is 34.7 Å². The van der Waals surface area contributed by atoms with Gasteiger partial charge in [-0.3, -0.25) is 14.7 Å². The molecule has 3 aromatic heterocycles. The molecule has 0 unspecified atom stereocenters. The van der Waals surface area contributed by atoms with Gasteiger partial charge in [-0.15, -0.1) is 11.3 Å². The molecular weight excluding hydrogens is 356 g/mol. The molecule has 26 heavy (non-hydrogen) atoms. The van der Waals surface area contributed by atoms with Crippen LogP contribution < -0.4 is 0 Å². The molecule has 10 heteroatoms. The number of H-pyrrole nitrogens is 1. The van der Waals surface area contributed by atoms with Gasteiger partial charge in [-0.25, -0.2) is 9.97 Å². The van der Waals surface area contributed by atoms with Crippen LogP contribution in [0, 0.1) is 0 Å². The van der Waals surface area contributed by atoms with Crippen molar-refractivity contribution >= 4 is 23.2 Å². The van der Waals surface area contributed by atoms with Crippen molar-refractivity contribution in [3.05, 3.63) is 41.8 Å². The maximum atomic E-state index is 12.5. The van der Waals surface area contributed by atoms with Gasteiger partial charge in [0.2, 0.25) is 5.91 Å². The average Bonchev–Trinajstić information content (AvgIpc) is 3.39. The first kappa shape index (κ1) is 17.8. The summed E-state index contributed by atoms with van der Waals surface area (Å²) in [5, 5.41) is 8.82. The van der Waals surface area contributed by atoms with Gasteiger partial charge in [-0.1, -0.05) is 0 Å². The van der Waals surface area contributed by atoms with Gasteiger partial charge >= 0.3 is 0 Å². The summed E-state index contributed by atoms with van der Waals surface area (Å²) in [5.74, 6) is 0.228. The Hall–Kier alpha value is -3.01. The second-order valence-corrected chi connectivity index (χ2v) is 6.56. The Morgan fingerprint density at radius 1 is 1.27 bits per heavy atom. The molecule has 0 aliphatic heterocycles. The van der Waals surface area contributed by atoms with Crippen molar-refractivity contribution in [1.29, 1.82) is 0 Å². The second-order valence-electron chi connectivity index (χ2n) is 5.70. The lowest BCUT2D eigenvalue weighted by Gasteiger charge is -2.21. The van der Waals surface area contributed by atoms with E-state index in [1.165, 1.54) is 17.7 Å². The molecule has 0 aliphatic rings. The number of thiazole rings is 1. The Labute approximate surface area is 153 Å². The Balaban J connectivity index is 1.52. The fourth-order valence-corrected chi connectivity index (χ4v) is 2.99. The van der Waals surface area contributed by atoms with E-state index >= 15 is 0 Å². The van der Waals surface area contributed by atoms with E-state index < -0.39 is 0 Å². The molecule has 0 aliphatic carbocycles. The molecule has 3 heterocycles. The first-order valence-corrected chi connectivity index (χ1v) is 8.74. The van der Waals surface area contributed by atoms with Crippen molar-refractivity contribution in [3.8, 4) is 10.6 Å². The van der Waals surface area contributed by atoms with E-state index in [4.69, 9.17) is 4.42 Å². The van der Waals surface area contributed by atoms with Crippen LogP contribution in [0.3, 0.4) is 0 Å². The number of carbonyl (C=O) groups excluding carboxylic acids is 2. The van der Waals surface area contributed by atoms with Crippen LogP contribution in [0.25, 0.3) is 10.6 Å². The highest BCUT2D eigenvalue weighted by molar-refractivity contribution is 7.13. The Kier molecular flexibility index (Phi) is 5.42. The summed E-state index contributed by atoms with van der Waals surface area (Å²) in [5.41, 5.74) is 1.22. The maximum absolute atomic E-state index is 12.5. The minimum atomic E-state index is -0.188. The summed E-state index contributed by atoms with van der Waals surface area (Å²) in [6.45, 7) is 0.810. The lowest BCUT2D eigenvalue weighted by molar-refractivity contribution is -0.129. The third kappa shape index (κ3) is 4.14. The standard InChI is InChI=1S/C16H18N6O3S/c1-21(14(23)7-13-17-10-18-20-13)4-5-22(2)16(24)12-9-26-15(19-12)11-3-6-25-8-11/h3,6,8-10H,4-5,7H2,1-2H3,(H,17,18,20). The highest BCUT2D eigenvalue weighted by Gasteiger charge is 2.18. The molecule has 3 aromatic rings. The number of likely N-dealkylation sites (N-methyl/N-ethyl adjacent to an activating group) is 2. The first-order chi connectivity index (χ1) is 12.5. The summed E-state index contributed by atoms with van der Waals surface area (Å²) in [6.07, 6.45) is 4.66. The number of aromatic nitrogens is 4. The SMILES string of the molecule is CN(CCN(C)C(=O)c1csc(-c2ccoc2)n1)C(=O)Cc1ncn[nH]1. The van der Waals surface area contributed by atoms with Crippen LogP contribution >= 0.6 is 11.3 Å². The molecule has 0 aromatic carbocycles. The van der Waals surface area contributed by atoms with Crippen LogP contribution in [-0.4, -0.2) is 69.0 Å². The van der Waals surface area contributed by atoms with E-state index in [2.05, 4.69) is 20.2 Å². The van der Waals surface area contributed by atoms with Gasteiger partial charge in [0.15, 0.2) is 0 Å². The third-order valence-corrected chi connectivity index (χ3v) is 4.71. The fourth-order valence-electron chi connectivity index (χ4n) is 2.21. The van der Waals surface area contributed by atoms with Crippen molar-refractivity contribution in [3.63, 3.8) is 0 Å². The molecule has 0 radical (unpaired) electrons. The minimum Gasteiger partial charge on any atom is -0.472 e. The molecule has 9 nitrogen and oxygen atoms in total. The summed E-state index contributed by atoms with van der Waals surface area (Å²) in [6, 6.07) is 1.80. The van der Waals surface area contributed by atoms with E-state index in [-0.39, 0.29) is 18.2 Å².